The maximum atomic E-state index is 12.9. The number of halogens is 3. The van der Waals surface area contributed by atoms with Crippen LogP contribution in [0, 0.1) is 0 Å². The number of benzene rings is 2. The molecule has 1 aromatic heterocycles. The minimum absolute atomic E-state index is 0.169. The number of aromatic amines is 1. The molecule has 23 heavy (non-hydrogen) atoms. The molecule has 0 atom stereocenters. The number of rotatable bonds is 2. The summed E-state index contributed by atoms with van der Waals surface area (Å²) >= 11 is 0. The molecule has 0 aliphatic rings. The van der Waals surface area contributed by atoms with Gasteiger partial charge in [-0.1, -0.05) is 24.3 Å². The number of nitrogens with two attached hydrogens (primary N) is 1. The van der Waals surface area contributed by atoms with Crippen molar-refractivity contribution in [3.8, 4) is 0 Å². The van der Waals surface area contributed by atoms with Gasteiger partial charge in [0, 0.05) is 0 Å². The lowest BCUT2D eigenvalue weighted by Gasteiger charge is -2.13. The first-order valence-electron chi connectivity index (χ1n) is 6.65. The van der Waals surface area contributed by atoms with Gasteiger partial charge < -0.3 is 16.0 Å². The van der Waals surface area contributed by atoms with Crippen LogP contribution in [-0.4, -0.2) is 15.9 Å². The number of guanidine groups is 1. The van der Waals surface area contributed by atoms with Crippen molar-refractivity contribution >= 4 is 28.6 Å². The minimum atomic E-state index is -4.48. The lowest BCUT2D eigenvalue weighted by atomic mass is 10.1. The predicted octanol–water partition coefficient (Wildman–Crippen LogP) is 3.64. The number of fused-ring (bicyclic) bond motifs is 1. The summed E-state index contributed by atoms with van der Waals surface area (Å²) in [6, 6.07) is 12.3. The van der Waals surface area contributed by atoms with Gasteiger partial charge in [0.05, 0.1) is 22.3 Å². The van der Waals surface area contributed by atoms with Gasteiger partial charge in [0.15, 0.2) is 0 Å². The molecule has 0 amide bonds. The van der Waals surface area contributed by atoms with Gasteiger partial charge in [0.2, 0.25) is 11.9 Å². The van der Waals surface area contributed by atoms with E-state index in [4.69, 9.17) is 5.73 Å². The summed E-state index contributed by atoms with van der Waals surface area (Å²) in [6.07, 6.45) is -4.48. The van der Waals surface area contributed by atoms with Crippen molar-refractivity contribution in [2.75, 3.05) is 5.32 Å². The van der Waals surface area contributed by atoms with Crippen LogP contribution in [0.4, 0.5) is 24.8 Å². The van der Waals surface area contributed by atoms with Crippen molar-refractivity contribution in [2.45, 2.75) is 6.18 Å². The summed E-state index contributed by atoms with van der Waals surface area (Å²) in [5.41, 5.74) is 6.15. The molecular weight excluding hydrogens is 307 g/mol. The zero-order valence-electron chi connectivity index (χ0n) is 11.7. The fourth-order valence-corrected chi connectivity index (χ4v) is 2.11. The first kappa shape index (κ1) is 14.9. The average molecular weight is 319 g/mol. The summed E-state index contributed by atoms with van der Waals surface area (Å²) in [5.74, 6) is 0.0152. The molecule has 0 saturated heterocycles. The molecule has 0 saturated carbocycles. The Morgan fingerprint density at radius 2 is 1.78 bits per heavy atom. The van der Waals surface area contributed by atoms with E-state index in [0.29, 0.717) is 5.52 Å². The van der Waals surface area contributed by atoms with Crippen LogP contribution < -0.4 is 11.1 Å². The molecule has 2 aromatic carbocycles. The molecule has 1 heterocycles. The lowest BCUT2D eigenvalue weighted by Crippen LogP contribution is -2.24. The van der Waals surface area contributed by atoms with Crippen LogP contribution in [0.1, 0.15) is 5.56 Å². The average Bonchev–Trinajstić information content (AvgIpc) is 2.88. The van der Waals surface area contributed by atoms with Gasteiger partial charge in [-0.05, 0) is 24.3 Å². The number of H-pyrrole nitrogens is 1. The van der Waals surface area contributed by atoms with Crippen molar-refractivity contribution in [1.29, 1.82) is 0 Å². The normalized spacial score (nSPS) is 12.6. The van der Waals surface area contributed by atoms with E-state index in [0.717, 1.165) is 11.6 Å². The maximum absolute atomic E-state index is 12.9. The second kappa shape index (κ2) is 5.64. The van der Waals surface area contributed by atoms with Crippen LogP contribution >= 0.6 is 0 Å². The molecule has 0 aliphatic carbocycles. The Morgan fingerprint density at radius 3 is 2.52 bits per heavy atom. The van der Waals surface area contributed by atoms with Crippen LogP contribution in [0.15, 0.2) is 53.5 Å². The lowest BCUT2D eigenvalue weighted by molar-refractivity contribution is -0.136. The molecule has 5 nitrogen and oxygen atoms in total. The number of imidazole rings is 1. The predicted molar refractivity (Wildman–Crippen MR) is 82.4 cm³/mol. The first-order chi connectivity index (χ1) is 10.9. The third-order valence-corrected chi connectivity index (χ3v) is 3.10. The number of aromatic nitrogens is 2. The van der Waals surface area contributed by atoms with E-state index in [1.54, 1.807) is 6.07 Å². The van der Waals surface area contributed by atoms with Gasteiger partial charge in [0.25, 0.3) is 0 Å². The Hall–Kier alpha value is -3.03. The largest absolute Gasteiger partial charge is 0.418 e. The van der Waals surface area contributed by atoms with Gasteiger partial charge in [-0.15, -0.1) is 0 Å². The van der Waals surface area contributed by atoms with E-state index in [1.807, 2.05) is 18.2 Å². The highest BCUT2D eigenvalue weighted by Gasteiger charge is 2.33. The Morgan fingerprint density at radius 1 is 1.09 bits per heavy atom. The Balaban J connectivity index is 1.88. The van der Waals surface area contributed by atoms with Crippen molar-refractivity contribution in [3.05, 3.63) is 54.1 Å². The third-order valence-electron chi connectivity index (χ3n) is 3.10. The monoisotopic (exact) mass is 319 g/mol. The van der Waals surface area contributed by atoms with Crippen LogP contribution in [0.25, 0.3) is 11.0 Å². The number of anilines is 1. The molecule has 0 fully saturated rings. The van der Waals surface area contributed by atoms with Crippen molar-refractivity contribution < 1.29 is 13.2 Å². The summed E-state index contributed by atoms with van der Waals surface area (Å²) in [5, 5.41) is 2.46. The molecule has 0 spiro atoms. The summed E-state index contributed by atoms with van der Waals surface area (Å²) < 4.78 is 38.8. The fraction of sp³-hybridized carbons (Fsp3) is 0.0667. The number of nitrogens with zero attached hydrogens (tertiary/aromatic N) is 2. The topological polar surface area (TPSA) is 79.1 Å². The number of hydrogen-bond acceptors (Lipinski definition) is 2. The second-order valence-electron chi connectivity index (χ2n) is 4.74. The minimum Gasteiger partial charge on any atom is -0.369 e. The summed E-state index contributed by atoms with van der Waals surface area (Å²) in [6.45, 7) is 0. The van der Waals surface area contributed by atoms with E-state index < -0.39 is 11.7 Å². The van der Waals surface area contributed by atoms with Crippen molar-refractivity contribution in [2.24, 2.45) is 10.7 Å². The van der Waals surface area contributed by atoms with Crippen LogP contribution in [0.2, 0.25) is 0 Å². The Kier molecular flexibility index (Phi) is 3.65. The van der Waals surface area contributed by atoms with Crippen molar-refractivity contribution in [1.82, 2.24) is 9.97 Å². The smallest absolute Gasteiger partial charge is 0.369 e. The molecule has 8 heteroatoms. The SMILES string of the molecule is N/C(=N/c1nc2ccccc2[nH]1)Nc1ccccc1C(F)(F)F. The molecule has 0 unspecified atom stereocenters. The highest BCUT2D eigenvalue weighted by Crippen LogP contribution is 2.34. The Labute approximate surface area is 129 Å². The number of hydrogen-bond donors (Lipinski definition) is 3. The van der Waals surface area contributed by atoms with Crippen molar-refractivity contribution in [3.63, 3.8) is 0 Å². The number of aliphatic imine (C=N–C) groups is 1. The van der Waals surface area contributed by atoms with Gasteiger partial charge in [-0.2, -0.15) is 18.2 Å². The standard InChI is InChI=1S/C15H12F3N5/c16-15(17,18)9-5-1-2-6-10(9)20-13(19)23-14-21-11-7-3-4-8-12(11)22-14/h1-8H,(H4,19,20,21,22,23). The summed E-state index contributed by atoms with van der Waals surface area (Å²) in [7, 11) is 0. The number of nitrogens with one attached hydrogen (secondary N) is 2. The zero-order valence-corrected chi connectivity index (χ0v) is 11.7. The molecule has 0 aliphatic heterocycles. The van der Waals surface area contributed by atoms with E-state index in [2.05, 4.69) is 20.3 Å². The van der Waals surface area contributed by atoms with Gasteiger partial charge in [-0.25, -0.2) is 4.98 Å². The van der Waals surface area contributed by atoms with Gasteiger partial charge in [0.1, 0.15) is 0 Å². The quantitative estimate of drug-likeness (QED) is 0.498. The molecule has 3 aromatic rings. The van der Waals surface area contributed by atoms with Gasteiger partial charge >= 0.3 is 6.18 Å². The van der Waals surface area contributed by atoms with Crippen LogP contribution in [0.5, 0.6) is 0 Å². The Bertz CT molecular complexity index is 834. The third kappa shape index (κ3) is 3.25. The molecule has 3 rings (SSSR count). The zero-order chi connectivity index (χ0) is 16.4. The fourth-order valence-electron chi connectivity index (χ4n) is 2.11. The molecule has 0 bridgehead atoms. The van der Waals surface area contributed by atoms with Crippen LogP contribution in [0.3, 0.4) is 0 Å². The molecular formula is C15H12F3N5. The molecule has 4 N–H and O–H groups in total. The van der Waals surface area contributed by atoms with Gasteiger partial charge in [-0.3, -0.25) is 0 Å². The van der Waals surface area contributed by atoms with E-state index >= 15 is 0 Å². The van der Waals surface area contributed by atoms with Crippen LogP contribution in [-0.2, 0) is 6.18 Å². The first-order valence-corrected chi connectivity index (χ1v) is 6.65. The number of alkyl halides is 3. The maximum Gasteiger partial charge on any atom is 0.418 e. The molecule has 0 radical (unpaired) electrons. The highest BCUT2D eigenvalue weighted by atomic mass is 19.4. The van der Waals surface area contributed by atoms with E-state index in [9.17, 15) is 13.2 Å². The summed E-state index contributed by atoms with van der Waals surface area (Å²) in [4.78, 5) is 11.1. The number of para-hydroxylation sites is 3. The van der Waals surface area contributed by atoms with E-state index in [1.165, 1.54) is 18.2 Å². The highest BCUT2D eigenvalue weighted by molar-refractivity contribution is 5.94. The molecule has 118 valence electrons. The van der Waals surface area contributed by atoms with E-state index in [-0.39, 0.29) is 17.6 Å². The second-order valence-corrected chi connectivity index (χ2v) is 4.74.